The molecule has 0 atom stereocenters. The molecule has 1 aliphatic rings. The van der Waals surface area contributed by atoms with Gasteiger partial charge in [0.15, 0.2) is 0 Å². The summed E-state index contributed by atoms with van der Waals surface area (Å²) in [5.41, 5.74) is 2.45. The van der Waals surface area contributed by atoms with E-state index in [4.69, 9.17) is 11.6 Å². The molecule has 0 aromatic heterocycles. The lowest BCUT2D eigenvalue weighted by atomic mass is 10.1. The van der Waals surface area contributed by atoms with Crippen LogP contribution in [-0.4, -0.2) is 31.0 Å². The van der Waals surface area contributed by atoms with Crippen LogP contribution in [0.5, 0.6) is 0 Å². The quantitative estimate of drug-likeness (QED) is 0.851. The van der Waals surface area contributed by atoms with Crippen molar-refractivity contribution in [2.45, 2.75) is 19.5 Å². The zero-order valence-electron chi connectivity index (χ0n) is 12.2. The minimum absolute atomic E-state index is 0.0406. The lowest BCUT2D eigenvalue weighted by Gasteiger charge is -2.15. The first-order chi connectivity index (χ1) is 10.7. The number of rotatable bonds is 4. The fourth-order valence-electron chi connectivity index (χ4n) is 2.30. The summed E-state index contributed by atoms with van der Waals surface area (Å²) in [5, 5.41) is 2.61. The van der Waals surface area contributed by atoms with Crippen LogP contribution in [0.3, 0.4) is 0 Å². The third-order valence-electron chi connectivity index (χ3n) is 3.38. The van der Waals surface area contributed by atoms with Crippen LogP contribution in [0.1, 0.15) is 12.5 Å². The van der Waals surface area contributed by atoms with Crippen molar-refractivity contribution >= 4 is 34.7 Å². The van der Waals surface area contributed by atoms with Crippen molar-refractivity contribution in [2.24, 2.45) is 0 Å². The van der Waals surface area contributed by atoms with Crippen LogP contribution in [-0.2, 0) is 16.0 Å². The number of anilines is 2. The minimum Gasteiger partial charge on any atom is -0.380 e. The third-order valence-corrected chi connectivity index (χ3v) is 3.63. The Morgan fingerprint density at radius 2 is 2.09 bits per heavy atom. The Hall–Kier alpha value is -2.02. The number of nitrogens with one attached hydrogen (secondary N) is 1. The molecule has 1 aromatic carbocycles. The van der Waals surface area contributed by atoms with E-state index in [2.05, 4.69) is 5.32 Å². The van der Waals surface area contributed by atoms with Gasteiger partial charge in [0.2, 0.25) is 5.91 Å². The average Bonchev–Trinajstić information content (AvgIpc) is 2.87. The first-order valence-corrected chi connectivity index (χ1v) is 7.18. The Morgan fingerprint density at radius 3 is 2.70 bits per heavy atom. The summed E-state index contributed by atoms with van der Waals surface area (Å²) in [4.78, 5) is 23.9. The van der Waals surface area contributed by atoms with Gasteiger partial charge < -0.3 is 10.2 Å². The topological polar surface area (TPSA) is 49.4 Å². The smallest absolute Gasteiger partial charge is 0.380 e. The van der Waals surface area contributed by atoms with Crippen molar-refractivity contribution in [1.82, 2.24) is 0 Å². The number of alkyl halides is 3. The van der Waals surface area contributed by atoms with Gasteiger partial charge in [-0.2, -0.15) is 13.2 Å². The predicted octanol–water partition coefficient (Wildman–Crippen LogP) is 3.26. The first kappa shape index (κ1) is 17.3. The van der Waals surface area contributed by atoms with E-state index >= 15 is 0 Å². The van der Waals surface area contributed by atoms with Crippen molar-refractivity contribution in [2.75, 3.05) is 23.3 Å². The minimum atomic E-state index is -4.93. The fourth-order valence-corrected chi connectivity index (χ4v) is 2.47. The van der Waals surface area contributed by atoms with Crippen molar-refractivity contribution in [3.63, 3.8) is 0 Å². The number of fused-ring (bicyclic) bond motifs is 1. The first-order valence-electron chi connectivity index (χ1n) is 6.80. The molecule has 0 radical (unpaired) electrons. The molecule has 1 aliphatic heterocycles. The van der Waals surface area contributed by atoms with Gasteiger partial charge in [-0.15, -0.1) is 0 Å². The van der Waals surface area contributed by atoms with Crippen molar-refractivity contribution < 1.29 is 22.8 Å². The highest BCUT2D eigenvalue weighted by atomic mass is 35.5. The molecule has 23 heavy (non-hydrogen) atoms. The Labute approximate surface area is 135 Å². The van der Waals surface area contributed by atoms with E-state index < -0.39 is 12.0 Å². The van der Waals surface area contributed by atoms with Crippen LogP contribution >= 0.6 is 11.6 Å². The monoisotopic (exact) mass is 346 g/mol. The van der Waals surface area contributed by atoms with E-state index in [0.29, 0.717) is 24.7 Å². The van der Waals surface area contributed by atoms with Crippen LogP contribution in [0, 0.1) is 0 Å². The highest BCUT2D eigenvalue weighted by molar-refractivity contribution is 6.31. The molecule has 0 bridgehead atoms. The normalized spacial score (nSPS) is 14.7. The van der Waals surface area contributed by atoms with E-state index in [0.717, 1.165) is 11.3 Å². The summed E-state index contributed by atoms with van der Waals surface area (Å²) in [5.74, 6) is -2.03. The molecule has 0 aliphatic carbocycles. The Morgan fingerprint density at radius 1 is 1.39 bits per heavy atom. The second kappa shape index (κ2) is 6.62. The number of carbonyl (C=O) groups excluding carboxylic acids is 2. The molecule has 4 nitrogen and oxygen atoms in total. The van der Waals surface area contributed by atoms with Crippen molar-refractivity contribution in [1.29, 1.82) is 0 Å². The lowest BCUT2D eigenvalue weighted by molar-refractivity contribution is -0.165. The largest absolute Gasteiger partial charge is 0.454 e. The van der Waals surface area contributed by atoms with Crippen molar-refractivity contribution in [3.8, 4) is 0 Å². The second-order valence-electron chi connectivity index (χ2n) is 5.07. The van der Waals surface area contributed by atoms with E-state index in [9.17, 15) is 22.8 Å². The summed E-state index contributed by atoms with van der Waals surface area (Å²) in [7, 11) is 0. The third kappa shape index (κ3) is 4.25. The SMILES string of the molecule is CC(=O)N1CCc2cc(NCC(Cl)=CC(=O)C(F)(F)F)ccc21. The average molecular weight is 347 g/mol. The molecular weight excluding hydrogens is 333 g/mol. The number of allylic oxidation sites excluding steroid dienone is 1. The van der Waals surface area contributed by atoms with E-state index in [1.165, 1.54) is 6.92 Å². The van der Waals surface area contributed by atoms with Gasteiger partial charge >= 0.3 is 6.18 Å². The van der Waals surface area contributed by atoms with Crippen LogP contribution < -0.4 is 10.2 Å². The molecule has 0 saturated carbocycles. The summed E-state index contributed by atoms with van der Waals surface area (Å²) in [6, 6.07) is 5.29. The van der Waals surface area contributed by atoms with Crippen LogP contribution in [0.2, 0.25) is 0 Å². The molecular formula is C15H14ClF3N2O2. The molecule has 0 fully saturated rings. The van der Waals surface area contributed by atoms with Crippen molar-refractivity contribution in [3.05, 3.63) is 34.9 Å². The molecule has 0 saturated heterocycles. The van der Waals surface area contributed by atoms with E-state index in [1.54, 1.807) is 17.0 Å². The summed E-state index contributed by atoms with van der Waals surface area (Å²) in [6.07, 6.45) is -3.86. The number of hydrogen-bond donors (Lipinski definition) is 1. The summed E-state index contributed by atoms with van der Waals surface area (Å²) in [6.45, 7) is 2.00. The summed E-state index contributed by atoms with van der Waals surface area (Å²) < 4.78 is 36.4. The molecule has 1 heterocycles. The van der Waals surface area contributed by atoms with E-state index in [-0.39, 0.29) is 17.5 Å². The van der Waals surface area contributed by atoms with Gasteiger partial charge in [-0.1, -0.05) is 11.6 Å². The molecule has 1 amide bonds. The molecule has 2 rings (SSSR count). The van der Waals surface area contributed by atoms with Gasteiger partial charge in [-0.25, -0.2) is 0 Å². The Balaban J connectivity index is 2.02. The maximum absolute atomic E-state index is 12.1. The highest BCUT2D eigenvalue weighted by Gasteiger charge is 2.36. The number of benzene rings is 1. The number of ketones is 1. The molecule has 0 unspecified atom stereocenters. The van der Waals surface area contributed by atoms with Crippen LogP contribution in [0.25, 0.3) is 0 Å². The molecule has 1 N–H and O–H groups in total. The molecule has 124 valence electrons. The van der Waals surface area contributed by atoms with Gasteiger partial charge in [-0.05, 0) is 30.2 Å². The zero-order chi connectivity index (χ0) is 17.2. The van der Waals surface area contributed by atoms with Gasteiger partial charge in [0.1, 0.15) is 0 Å². The zero-order valence-corrected chi connectivity index (χ0v) is 13.0. The lowest BCUT2D eigenvalue weighted by Crippen LogP contribution is -2.25. The van der Waals surface area contributed by atoms with Crippen LogP contribution in [0.4, 0.5) is 24.5 Å². The number of hydrogen-bond acceptors (Lipinski definition) is 3. The van der Waals surface area contributed by atoms with Gasteiger partial charge in [0.25, 0.3) is 5.78 Å². The van der Waals surface area contributed by atoms with Gasteiger partial charge in [0, 0.05) is 36.0 Å². The van der Waals surface area contributed by atoms with Gasteiger partial charge in [-0.3, -0.25) is 9.59 Å². The molecule has 0 spiro atoms. The predicted molar refractivity (Wildman–Crippen MR) is 81.7 cm³/mol. The number of nitrogens with zero attached hydrogens (tertiary/aromatic N) is 1. The Kier molecular flexibility index (Phi) is 4.99. The maximum Gasteiger partial charge on any atom is 0.454 e. The summed E-state index contributed by atoms with van der Waals surface area (Å²) >= 11 is 5.64. The maximum atomic E-state index is 12.1. The number of carbonyl (C=O) groups is 2. The Bertz CT molecular complexity index is 671. The second-order valence-corrected chi connectivity index (χ2v) is 5.56. The fraction of sp³-hybridized carbons (Fsp3) is 0.333. The molecule has 8 heteroatoms. The van der Waals surface area contributed by atoms with E-state index in [1.807, 2.05) is 6.07 Å². The van der Waals surface area contributed by atoms with Crippen LogP contribution in [0.15, 0.2) is 29.3 Å². The standard InChI is InChI=1S/C15H14ClF3N2O2/c1-9(22)21-5-4-10-6-12(2-3-13(10)21)20-8-11(16)7-14(23)15(17,18)19/h2-3,6-7,20H,4-5,8H2,1H3. The molecule has 1 aromatic rings. The number of halogens is 4. The highest BCUT2D eigenvalue weighted by Crippen LogP contribution is 2.30. The number of amides is 1. The van der Waals surface area contributed by atoms with Gasteiger partial charge in [0.05, 0.1) is 6.54 Å².